The van der Waals surface area contributed by atoms with E-state index in [9.17, 15) is 4.79 Å². The van der Waals surface area contributed by atoms with E-state index in [1.54, 1.807) is 6.07 Å². The molecule has 1 aliphatic heterocycles. The van der Waals surface area contributed by atoms with Crippen molar-refractivity contribution in [3.63, 3.8) is 0 Å². The van der Waals surface area contributed by atoms with Crippen molar-refractivity contribution in [2.45, 2.75) is 32.3 Å². The highest BCUT2D eigenvalue weighted by atomic mass is 16.5. The molecule has 0 spiro atoms. The first kappa shape index (κ1) is 12.3. The summed E-state index contributed by atoms with van der Waals surface area (Å²) >= 11 is 0. The van der Waals surface area contributed by atoms with Crippen LogP contribution in [0.25, 0.3) is 6.08 Å². The average molecular weight is 258 g/mol. The number of rotatable bonds is 4. The van der Waals surface area contributed by atoms with Crippen LogP contribution in [-0.2, 0) is 0 Å². The Morgan fingerprint density at radius 3 is 2.89 bits per heavy atom. The van der Waals surface area contributed by atoms with E-state index in [4.69, 9.17) is 9.47 Å². The number of ether oxygens (including phenoxy) is 2. The molecular weight excluding hydrogens is 240 g/mol. The van der Waals surface area contributed by atoms with Gasteiger partial charge in [-0.3, -0.25) is 4.79 Å². The van der Waals surface area contributed by atoms with Crippen LogP contribution in [0, 0.1) is 5.92 Å². The van der Waals surface area contributed by atoms with Gasteiger partial charge in [-0.05, 0) is 50.8 Å². The summed E-state index contributed by atoms with van der Waals surface area (Å²) in [6, 6.07) is 3.60. The number of hydrogen-bond donors (Lipinski definition) is 0. The summed E-state index contributed by atoms with van der Waals surface area (Å²) in [4.78, 5) is 11.0. The van der Waals surface area contributed by atoms with Crippen molar-refractivity contribution in [3.05, 3.63) is 29.3 Å². The van der Waals surface area contributed by atoms with Gasteiger partial charge in [-0.2, -0.15) is 0 Å². The van der Waals surface area contributed by atoms with Crippen LogP contribution in [0.2, 0.25) is 0 Å². The second kappa shape index (κ2) is 4.41. The lowest BCUT2D eigenvalue weighted by molar-refractivity contribution is 0.112. The molecule has 0 aromatic heterocycles. The molecule has 3 heteroatoms. The largest absolute Gasteiger partial charge is 0.489 e. The second-order valence-electron chi connectivity index (χ2n) is 5.85. The lowest BCUT2D eigenvalue weighted by Crippen LogP contribution is -2.28. The van der Waals surface area contributed by atoms with E-state index in [1.807, 2.05) is 32.1 Å². The Kier molecular flexibility index (Phi) is 2.85. The van der Waals surface area contributed by atoms with Gasteiger partial charge < -0.3 is 9.47 Å². The van der Waals surface area contributed by atoms with Gasteiger partial charge in [0.25, 0.3) is 0 Å². The van der Waals surface area contributed by atoms with Crippen LogP contribution in [-0.4, -0.2) is 18.5 Å². The fraction of sp³-hybridized carbons (Fsp3) is 0.438. The normalized spacial score (nSPS) is 19.5. The van der Waals surface area contributed by atoms with E-state index in [1.165, 1.54) is 12.8 Å². The van der Waals surface area contributed by atoms with Crippen molar-refractivity contribution in [3.8, 4) is 11.5 Å². The maximum absolute atomic E-state index is 11.0. The molecule has 0 unspecified atom stereocenters. The molecule has 0 saturated heterocycles. The van der Waals surface area contributed by atoms with Gasteiger partial charge in [0.1, 0.15) is 11.9 Å². The average Bonchev–Trinajstić information content (AvgIpc) is 3.19. The van der Waals surface area contributed by atoms with Crippen molar-refractivity contribution < 1.29 is 14.3 Å². The van der Waals surface area contributed by atoms with Gasteiger partial charge >= 0.3 is 0 Å². The maximum Gasteiger partial charge on any atom is 0.169 e. The van der Waals surface area contributed by atoms with Gasteiger partial charge in [0.05, 0.1) is 6.61 Å². The zero-order valence-corrected chi connectivity index (χ0v) is 11.3. The Balaban J connectivity index is 1.96. The number of carbonyl (C=O) groups is 1. The molecule has 2 aliphatic rings. The van der Waals surface area contributed by atoms with E-state index in [0.717, 1.165) is 17.6 Å². The fourth-order valence-corrected chi connectivity index (χ4v) is 2.13. The predicted molar refractivity (Wildman–Crippen MR) is 73.8 cm³/mol. The number of carbonyl (C=O) groups excluding carboxylic acids is 1. The van der Waals surface area contributed by atoms with Gasteiger partial charge in [-0.15, -0.1) is 0 Å². The Labute approximate surface area is 113 Å². The number of fused-ring (bicyclic) bond motifs is 1. The van der Waals surface area contributed by atoms with Crippen LogP contribution in [0.1, 0.15) is 42.6 Å². The molecular formula is C16H18O3. The van der Waals surface area contributed by atoms with Crippen LogP contribution in [0.15, 0.2) is 18.2 Å². The molecule has 1 saturated carbocycles. The van der Waals surface area contributed by atoms with Gasteiger partial charge in [-0.1, -0.05) is 6.08 Å². The molecule has 0 N–H and O–H groups in total. The molecule has 100 valence electrons. The molecule has 1 aromatic rings. The van der Waals surface area contributed by atoms with Crippen LogP contribution < -0.4 is 9.47 Å². The Bertz CT molecular complexity index is 539. The predicted octanol–water partition coefficient (Wildman–Crippen LogP) is 3.47. The third-order valence-electron chi connectivity index (χ3n) is 3.44. The first-order valence-corrected chi connectivity index (χ1v) is 6.72. The minimum atomic E-state index is -0.340. The maximum atomic E-state index is 11.0. The molecule has 1 aromatic carbocycles. The lowest BCUT2D eigenvalue weighted by atomic mass is 10.0. The summed E-state index contributed by atoms with van der Waals surface area (Å²) in [7, 11) is 0. The van der Waals surface area contributed by atoms with E-state index in [2.05, 4.69) is 0 Å². The van der Waals surface area contributed by atoms with Crippen molar-refractivity contribution in [2.75, 3.05) is 6.61 Å². The first-order chi connectivity index (χ1) is 9.07. The summed E-state index contributed by atoms with van der Waals surface area (Å²) in [6.45, 7) is 4.72. The Morgan fingerprint density at radius 2 is 2.21 bits per heavy atom. The van der Waals surface area contributed by atoms with Gasteiger partial charge in [0.15, 0.2) is 11.5 Å². The van der Waals surface area contributed by atoms with E-state index in [-0.39, 0.29) is 5.60 Å². The first-order valence-electron chi connectivity index (χ1n) is 6.72. The van der Waals surface area contributed by atoms with Gasteiger partial charge in [0.2, 0.25) is 0 Å². The highest BCUT2D eigenvalue weighted by molar-refractivity contribution is 5.80. The quantitative estimate of drug-likeness (QED) is 0.776. The minimum absolute atomic E-state index is 0.340. The molecule has 0 radical (unpaired) electrons. The monoisotopic (exact) mass is 258 g/mol. The molecule has 1 heterocycles. The number of aldehydes is 1. The van der Waals surface area contributed by atoms with Crippen LogP contribution in [0.5, 0.6) is 11.5 Å². The summed E-state index contributed by atoms with van der Waals surface area (Å²) in [5, 5.41) is 0. The molecule has 0 atom stereocenters. The SMILES string of the molecule is CC1(C)C=Cc2cc(C=O)cc(OCC3CC3)c2O1. The van der Waals surface area contributed by atoms with Gasteiger partial charge in [-0.25, -0.2) is 0 Å². The molecule has 3 rings (SSSR count). The summed E-state index contributed by atoms with van der Waals surface area (Å²) in [5.74, 6) is 2.10. The second-order valence-corrected chi connectivity index (χ2v) is 5.85. The molecule has 0 amide bonds. The highest BCUT2D eigenvalue weighted by Crippen LogP contribution is 2.40. The van der Waals surface area contributed by atoms with Crippen molar-refractivity contribution in [2.24, 2.45) is 5.92 Å². The lowest BCUT2D eigenvalue weighted by Gasteiger charge is -2.29. The fourth-order valence-electron chi connectivity index (χ4n) is 2.13. The standard InChI is InChI=1S/C16H18O3/c1-16(2)6-5-13-7-12(9-17)8-14(15(13)19-16)18-10-11-3-4-11/h5-9,11H,3-4,10H2,1-2H3. The van der Waals surface area contributed by atoms with E-state index < -0.39 is 0 Å². The smallest absolute Gasteiger partial charge is 0.169 e. The number of benzene rings is 1. The minimum Gasteiger partial charge on any atom is -0.489 e. The van der Waals surface area contributed by atoms with E-state index in [0.29, 0.717) is 23.8 Å². The number of hydrogen-bond acceptors (Lipinski definition) is 3. The Hall–Kier alpha value is -1.77. The van der Waals surface area contributed by atoms with Crippen LogP contribution >= 0.6 is 0 Å². The molecule has 3 nitrogen and oxygen atoms in total. The van der Waals surface area contributed by atoms with Crippen LogP contribution in [0.3, 0.4) is 0 Å². The molecule has 1 aliphatic carbocycles. The molecule has 19 heavy (non-hydrogen) atoms. The summed E-state index contributed by atoms with van der Waals surface area (Å²) < 4.78 is 11.8. The van der Waals surface area contributed by atoms with Crippen molar-refractivity contribution in [1.82, 2.24) is 0 Å². The van der Waals surface area contributed by atoms with Crippen molar-refractivity contribution >= 4 is 12.4 Å². The van der Waals surface area contributed by atoms with E-state index >= 15 is 0 Å². The highest BCUT2D eigenvalue weighted by Gasteiger charge is 2.27. The zero-order valence-electron chi connectivity index (χ0n) is 11.3. The summed E-state index contributed by atoms with van der Waals surface area (Å²) in [6.07, 6.45) is 7.31. The Morgan fingerprint density at radius 1 is 1.42 bits per heavy atom. The van der Waals surface area contributed by atoms with Crippen molar-refractivity contribution in [1.29, 1.82) is 0 Å². The molecule has 1 fully saturated rings. The molecule has 0 bridgehead atoms. The third kappa shape index (κ3) is 2.65. The zero-order chi connectivity index (χ0) is 13.5. The topological polar surface area (TPSA) is 35.5 Å². The van der Waals surface area contributed by atoms with Crippen LogP contribution in [0.4, 0.5) is 0 Å². The third-order valence-corrected chi connectivity index (χ3v) is 3.44. The van der Waals surface area contributed by atoms with Gasteiger partial charge in [0, 0.05) is 11.1 Å². The summed E-state index contributed by atoms with van der Waals surface area (Å²) in [5.41, 5.74) is 1.19.